The van der Waals surface area contributed by atoms with Gasteiger partial charge in [0.1, 0.15) is 17.7 Å². The van der Waals surface area contributed by atoms with Crippen LogP contribution in [0.25, 0.3) is 0 Å². The molecule has 170 valence electrons. The van der Waals surface area contributed by atoms with E-state index < -0.39 is 29.0 Å². The van der Waals surface area contributed by atoms with Crippen LogP contribution in [0.5, 0.6) is 0 Å². The summed E-state index contributed by atoms with van der Waals surface area (Å²) in [6.45, 7) is 3.78. The Hall–Kier alpha value is -2.55. The van der Waals surface area contributed by atoms with Crippen molar-refractivity contribution in [3.63, 3.8) is 0 Å². The van der Waals surface area contributed by atoms with Crippen molar-refractivity contribution in [3.05, 3.63) is 35.4 Å². The summed E-state index contributed by atoms with van der Waals surface area (Å²) in [7, 11) is 1.60. The van der Waals surface area contributed by atoms with Crippen LogP contribution < -0.4 is 5.32 Å². The molecule has 3 rings (SSSR count). The predicted octanol–water partition coefficient (Wildman–Crippen LogP) is 1.96. The van der Waals surface area contributed by atoms with E-state index in [-0.39, 0.29) is 30.5 Å². The summed E-state index contributed by atoms with van der Waals surface area (Å²) in [5, 5.41) is 2.87. The third-order valence-electron chi connectivity index (χ3n) is 6.31. The Bertz CT molecular complexity index is 840. The van der Waals surface area contributed by atoms with Crippen molar-refractivity contribution >= 4 is 17.7 Å². The number of hydrogen-bond acceptors (Lipinski definition) is 4. The number of benzene rings is 1. The number of likely N-dealkylation sites (tertiary alicyclic amines) is 2. The van der Waals surface area contributed by atoms with Crippen molar-refractivity contribution in [1.82, 2.24) is 15.1 Å². The number of carbonyl (C=O) groups excluding carboxylic acids is 3. The van der Waals surface area contributed by atoms with Gasteiger partial charge in [-0.25, -0.2) is 8.78 Å². The number of nitrogens with one attached hydrogen (secondary N) is 1. The van der Waals surface area contributed by atoms with Crippen LogP contribution in [0.15, 0.2) is 18.2 Å². The molecule has 9 heteroatoms. The number of halogens is 2. The third-order valence-corrected chi connectivity index (χ3v) is 6.31. The van der Waals surface area contributed by atoms with Crippen molar-refractivity contribution in [2.75, 3.05) is 39.9 Å². The molecule has 0 aliphatic carbocycles. The zero-order valence-electron chi connectivity index (χ0n) is 18.0. The molecule has 2 heterocycles. The summed E-state index contributed by atoms with van der Waals surface area (Å²) in [5.74, 6) is -2.29. The maximum atomic E-state index is 14.0. The van der Waals surface area contributed by atoms with Crippen molar-refractivity contribution < 1.29 is 27.9 Å². The molecule has 0 radical (unpaired) electrons. The number of piperidine rings is 1. The highest BCUT2D eigenvalue weighted by Gasteiger charge is 2.54. The van der Waals surface area contributed by atoms with Crippen LogP contribution in [-0.4, -0.2) is 73.5 Å². The van der Waals surface area contributed by atoms with Gasteiger partial charge < -0.3 is 19.9 Å². The van der Waals surface area contributed by atoms with Crippen LogP contribution in [-0.2, 0) is 14.3 Å². The molecule has 7 nitrogen and oxygen atoms in total. The Balaban J connectivity index is 1.66. The SMILES string of the molecule is CCN1C(=O)C2(CCN(C(=O)c3cc(F)ccc3F)CC2)CC1C(=O)NCCCOC. The smallest absolute Gasteiger partial charge is 0.256 e. The van der Waals surface area contributed by atoms with Gasteiger partial charge in [0.2, 0.25) is 11.8 Å². The molecule has 31 heavy (non-hydrogen) atoms. The molecule has 1 unspecified atom stereocenters. The fourth-order valence-electron chi connectivity index (χ4n) is 4.55. The average molecular weight is 437 g/mol. The average Bonchev–Trinajstić information content (AvgIpc) is 3.04. The Kier molecular flexibility index (Phi) is 7.25. The van der Waals surface area contributed by atoms with E-state index in [9.17, 15) is 23.2 Å². The lowest BCUT2D eigenvalue weighted by atomic mass is 9.75. The molecule has 1 N–H and O–H groups in total. The molecule has 1 spiro atoms. The number of carbonyl (C=O) groups is 3. The van der Waals surface area contributed by atoms with Crippen LogP contribution in [0.4, 0.5) is 8.78 Å². The minimum atomic E-state index is -0.772. The third kappa shape index (κ3) is 4.71. The number of likely N-dealkylation sites (N-methyl/N-ethyl adjacent to an activating group) is 1. The lowest BCUT2D eigenvalue weighted by Crippen LogP contribution is -2.47. The van der Waals surface area contributed by atoms with E-state index in [1.807, 2.05) is 6.92 Å². The van der Waals surface area contributed by atoms with Gasteiger partial charge in [0.15, 0.2) is 0 Å². The van der Waals surface area contributed by atoms with Crippen LogP contribution >= 0.6 is 0 Å². The fourth-order valence-corrected chi connectivity index (χ4v) is 4.55. The van der Waals surface area contributed by atoms with Crippen molar-refractivity contribution in [2.24, 2.45) is 5.41 Å². The minimum absolute atomic E-state index is 0.0731. The first-order valence-electron chi connectivity index (χ1n) is 10.6. The zero-order valence-corrected chi connectivity index (χ0v) is 18.0. The molecular weight excluding hydrogens is 408 g/mol. The molecule has 1 atom stereocenters. The predicted molar refractivity (Wildman–Crippen MR) is 109 cm³/mol. The van der Waals surface area contributed by atoms with E-state index in [1.54, 1.807) is 12.0 Å². The first-order chi connectivity index (χ1) is 14.8. The molecule has 0 saturated carbocycles. The zero-order chi connectivity index (χ0) is 22.6. The number of ether oxygens (including phenoxy) is 1. The van der Waals surface area contributed by atoms with E-state index in [1.165, 1.54) is 4.90 Å². The number of hydrogen-bond donors (Lipinski definition) is 1. The quantitative estimate of drug-likeness (QED) is 0.662. The molecule has 0 bridgehead atoms. The highest BCUT2D eigenvalue weighted by molar-refractivity contribution is 5.96. The maximum absolute atomic E-state index is 14.0. The van der Waals surface area contributed by atoms with Gasteiger partial charge in [-0.3, -0.25) is 14.4 Å². The lowest BCUT2D eigenvalue weighted by Gasteiger charge is -2.37. The molecule has 2 fully saturated rings. The highest BCUT2D eigenvalue weighted by atomic mass is 19.1. The standard InChI is InChI=1S/C22H29F2N3O4/c1-3-27-18(19(28)25-9-4-12-31-2)14-22(21(27)30)7-10-26(11-8-22)20(29)16-13-15(23)5-6-17(16)24/h5-6,13,18H,3-4,7-12,14H2,1-2H3,(H,25,28). The summed E-state index contributed by atoms with van der Waals surface area (Å²) in [5.41, 5.74) is -1.01. The van der Waals surface area contributed by atoms with Crippen LogP contribution in [0.2, 0.25) is 0 Å². The second-order valence-corrected chi connectivity index (χ2v) is 8.15. The number of methoxy groups -OCH3 is 1. The maximum Gasteiger partial charge on any atom is 0.256 e. The van der Waals surface area contributed by atoms with Crippen molar-refractivity contribution in [2.45, 2.75) is 38.6 Å². The van der Waals surface area contributed by atoms with Gasteiger partial charge in [-0.2, -0.15) is 0 Å². The molecule has 2 saturated heterocycles. The van der Waals surface area contributed by atoms with Crippen LogP contribution in [0.3, 0.4) is 0 Å². The topological polar surface area (TPSA) is 79.0 Å². The molecule has 2 aliphatic heterocycles. The van der Waals surface area contributed by atoms with Gasteiger partial charge in [-0.1, -0.05) is 0 Å². The number of nitrogens with zero attached hydrogens (tertiary/aromatic N) is 2. The minimum Gasteiger partial charge on any atom is -0.385 e. The van der Waals surface area contributed by atoms with E-state index in [0.717, 1.165) is 18.2 Å². The lowest BCUT2D eigenvalue weighted by molar-refractivity contribution is -0.140. The van der Waals surface area contributed by atoms with Gasteiger partial charge in [0, 0.05) is 39.9 Å². The highest BCUT2D eigenvalue weighted by Crippen LogP contribution is 2.44. The summed E-state index contributed by atoms with van der Waals surface area (Å²) in [4.78, 5) is 41.6. The van der Waals surface area contributed by atoms with Gasteiger partial charge in [0.05, 0.1) is 11.0 Å². The summed E-state index contributed by atoms with van der Waals surface area (Å²) in [6.07, 6.45) is 1.86. The van der Waals surface area contributed by atoms with Gasteiger partial charge in [-0.15, -0.1) is 0 Å². The number of rotatable bonds is 7. The molecule has 2 aliphatic rings. The summed E-state index contributed by atoms with van der Waals surface area (Å²) < 4.78 is 32.4. The Labute approximate surface area is 180 Å². The second-order valence-electron chi connectivity index (χ2n) is 8.15. The van der Waals surface area contributed by atoms with Crippen molar-refractivity contribution in [1.29, 1.82) is 0 Å². The van der Waals surface area contributed by atoms with Gasteiger partial charge in [0.25, 0.3) is 5.91 Å². The Morgan fingerprint density at radius 3 is 2.61 bits per heavy atom. The monoisotopic (exact) mass is 437 g/mol. The first-order valence-corrected chi connectivity index (χ1v) is 10.6. The first kappa shape index (κ1) is 23.1. The van der Waals surface area contributed by atoms with E-state index >= 15 is 0 Å². The molecular formula is C22H29F2N3O4. The van der Waals surface area contributed by atoms with Crippen molar-refractivity contribution in [3.8, 4) is 0 Å². The number of amides is 3. The Morgan fingerprint density at radius 2 is 1.97 bits per heavy atom. The van der Waals surface area contributed by atoms with Crippen LogP contribution in [0.1, 0.15) is 43.0 Å². The summed E-state index contributed by atoms with van der Waals surface area (Å²) in [6, 6.07) is 2.26. The second kappa shape index (κ2) is 9.72. The fraction of sp³-hybridized carbons (Fsp3) is 0.591. The van der Waals surface area contributed by atoms with Gasteiger partial charge >= 0.3 is 0 Å². The normalized spacial score (nSPS) is 20.4. The van der Waals surface area contributed by atoms with Crippen LogP contribution in [0, 0.1) is 17.0 Å². The van der Waals surface area contributed by atoms with E-state index in [0.29, 0.717) is 45.4 Å². The summed E-state index contributed by atoms with van der Waals surface area (Å²) >= 11 is 0. The molecule has 1 aromatic rings. The molecule has 3 amide bonds. The Morgan fingerprint density at radius 1 is 1.26 bits per heavy atom. The molecule has 1 aromatic carbocycles. The largest absolute Gasteiger partial charge is 0.385 e. The molecule has 0 aromatic heterocycles. The van der Waals surface area contributed by atoms with E-state index in [2.05, 4.69) is 5.32 Å². The van der Waals surface area contributed by atoms with Gasteiger partial charge in [-0.05, 0) is 50.8 Å². The van der Waals surface area contributed by atoms with E-state index in [4.69, 9.17) is 4.74 Å².